The predicted octanol–water partition coefficient (Wildman–Crippen LogP) is 2.14. The molecule has 2 heterocycles. The van der Waals surface area contributed by atoms with Gasteiger partial charge in [0.25, 0.3) is 0 Å². The number of halogens is 1. The van der Waals surface area contributed by atoms with E-state index < -0.39 is 0 Å². The van der Waals surface area contributed by atoms with Gasteiger partial charge < -0.3 is 5.32 Å². The van der Waals surface area contributed by atoms with Crippen LogP contribution in [0.2, 0.25) is 4.34 Å². The molecule has 0 saturated heterocycles. The number of aromatic nitrogens is 4. The molecular formula is C13H14ClN5OS. The number of hydrogen-bond acceptors (Lipinski definition) is 5. The van der Waals surface area contributed by atoms with Crippen LogP contribution in [0, 0.1) is 5.92 Å². The molecule has 6 nitrogen and oxygen atoms in total. The van der Waals surface area contributed by atoms with Crippen LogP contribution < -0.4 is 5.32 Å². The first-order chi connectivity index (χ1) is 10.2. The Morgan fingerprint density at radius 1 is 1.48 bits per heavy atom. The van der Waals surface area contributed by atoms with Gasteiger partial charge >= 0.3 is 0 Å². The van der Waals surface area contributed by atoms with E-state index in [9.17, 15) is 4.79 Å². The molecule has 2 saturated carbocycles. The van der Waals surface area contributed by atoms with Gasteiger partial charge in [0, 0.05) is 16.7 Å². The summed E-state index contributed by atoms with van der Waals surface area (Å²) >= 11 is 7.49. The molecule has 2 atom stereocenters. The van der Waals surface area contributed by atoms with E-state index in [1.54, 1.807) is 11.3 Å². The van der Waals surface area contributed by atoms with Crippen LogP contribution in [0.3, 0.4) is 0 Å². The van der Waals surface area contributed by atoms with Crippen molar-refractivity contribution in [3.05, 3.63) is 27.2 Å². The maximum atomic E-state index is 12.2. The number of amides is 1. The number of rotatable bonds is 5. The normalized spacial score (nSPS) is 24.0. The third-order valence-corrected chi connectivity index (χ3v) is 5.32. The lowest BCUT2D eigenvalue weighted by Crippen LogP contribution is -2.26. The highest BCUT2D eigenvalue weighted by Gasteiger charge is 2.44. The quantitative estimate of drug-likeness (QED) is 0.915. The lowest BCUT2D eigenvalue weighted by Gasteiger charge is -2.05. The van der Waals surface area contributed by atoms with E-state index in [0.717, 1.165) is 29.4 Å². The molecule has 0 radical (unpaired) electrons. The number of hydrogen-bond donors (Lipinski definition) is 1. The predicted molar refractivity (Wildman–Crippen MR) is 78.1 cm³/mol. The molecule has 2 fully saturated rings. The summed E-state index contributed by atoms with van der Waals surface area (Å²) in [6.45, 7) is 0.400. The number of tetrazole rings is 1. The molecular weight excluding hydrogens is 310 g/mol. The fraction of sp³-hybridized carbons (Fsp3) is 0.538. The molecule has 0 spiro atoms. The zero-order valence-corrected chi connectivity index (χ0v) is 12.8. The molecule has 0 aromatic carbocycles. The highest BCUT2D eigenvalue weighted by atomic mass is 35.5. The lowest BCUT2D eigenvalue weighted by molar-refractivity contribution is -0.122. The smallest absolute Gasteiger partial charge is 0.224 e. The van der Waals surface area contributed by atoms with E-state index in [0.29, 0.717) is 18.5 Å². The Hall–Kier alpha value is -1.47. The third-order valence-electron chi connectivity index (χ3n) is 3.96. The minimum atomic E-state index is 0.0602. The summed E-state index contributed by atoms with van der Waals surface area (Å²) < 4.78 is 2.60. The molecule has 1 amide bonds. The Labute approximate surface area is 130 Å². The Balaban J connectivity index is 1.33. The average molecular weight is 324 g/mol. The van der Waals surface area contributed by atoms with E-state index in [1.807, 2.05) is 16.8 Å². The monoisotopic (exact) mass is 323 g/mol. The number of carbonyl (C=O) groups is 1. The summed E-state index contributed by atoms with van der Waals surface area (Å²) in [7, 11) is 0. The molecule has 8 heteroatoms. The summed E-state index contributed by atoms with van der Waals surface area (Å²) in [6.07, 6.45) is 3.14. The molecule has 110 valence electrons. The van der Waals surface area contributed by atoms with Crippen LogP contribution >= 0.6 is 22.9 Å². The Morgan fingerprint density at radius 2 is 2.33 bits per heavy atom. The van der Waals surface area contributed by atoms with Gasteiger partial charge in [-0.25, -0.2) is 4.68 Å². The van der Waals surface area contributed by atoms with Crippen molar-refractivity contribution in [1.29, 1.82) is 0 Å². The summed E-state index contributed by atoms with van der Waals surface area (Å²) in [5.41, 5.74) is 0. The molecule has 1 N–H and O–H groups in total. The average Bonchev–Trinajstić information content (AvgIpc) is 3.39. The zero-order valence-electron chi connectivity index (χ0n) is 11.2. The molecule has 0 aliphatic heterocycles. The van der Waals surface area contributed by atoms with Crippen molar-refractivity contribution in [2.24, 2.45) is 5.92 Å². The van der Waals surface area contributed by atoms with E-state index in [1.165, 1.54) is 4.88 Å². The minimum Gasteiger partial charge on any atom is -0.348 e. The fourth-order valence-corrected chi connectivity index (χ4v) is 3.79. The number of nitrogens with zero attached hydrogens (tertiary/aromatic N) is 4. The van der Waals surface area contributed by atoms with Crippen molar-refractivity contribution in [1.82, 2.24) is 25.5 Å². The second kappa shape index (κ2) is 5.06. The van der Waals surface area contributed by atoms with Gasteiger partial charge in [0.2, 0.25) is 5.91 Å². The SMILES string of the molecule is O=C(NCc1nnnn1C1CC1)[C@@H]1C[C@H]1c1ccc(Cl)s1. The Kier molecular flexibility index (Phi) is 3.19. The van der Waals surface area contributed by atoms with Crippen molar-refractivity contribution in [2.75, 3.05) is 0 Å². The third kappa shape index (κ3) is 2.67. The maximum Gasteiger partial charge on any atom is 0.224 e. The van der Waals surface area contributed by atoms with Gasteiger partial charge in [-0.15, -0.1) is 16.4 Å². The van der Waals surface area contributed by atoms with Crippen molar-refractivity contribution in [2.45, 2.75) is 37.8 Å². The van der Waals surface area contributed by atoms with E-state index in [4.69, 9.17) is 11.6 Å². The largest absolute Gasteiger partial charge is 0.348 e. The summed E-state index contributed by atoms with van der Waals surface area (Å²) in [5, 5.41) is 14.6. The number of nitrogens with one attached hydrogen (secondary N) is 1. The minimum absolute atomic E-state index is 0.0602. The van der Waals surface area contributed by atoms with Crippen molar-refractivity contribution in [3.8, 4) is 0 Å². The van der Waals surface area contributed by atoms with Gasteiger partial charge in [-0.3, -0.25) is 4.79 Å². The van der Waals surface area contributed by atoms with Crippen LogP contribution in [0.15, 0.2) is 12.1 Å². The second-order valence-corrected chi connectivity index (χ2v) is 7.33. The highest BCUT2D eigenvalue weighted by molar-refractivity contribution is 7.16. The summed E-state index contributed by atoms with van der Waals surface area (Å²) in [5.74, 6) is 1.20. The highest BCUT2D eigenvalue weighted by Crippen LogP contribution is 2.50. The van der Waals surface area contributed by atoms with Crippen molar-refractivity contribution < 1.29 is 4.79 Å². The molecule has 2 aliphatic carbocycles. The standard InChI is InChI=1S/C13H14ClN5OS/c14-11-4-3-10(21-11)8-5-9(8)13(20)15-6-12-16-17-18-19(12)7-1-2-7/h3-4,7-9H,1-2,5-6H2,(H,15,20)/t8-,9-/m1/s1. The van der Waals surface area contributed by atoms with Crippen LogP contribution in [0.5, 0.6) is 0 Å². The molecule has 2 aliphatic rings. The van der Waals surface area contributed by atoms with Crippen LogP contribution in [-0.4, -0.2) is 26.1 Å². The molecule has 21 heavy (non-hydrogen) atoms. The van der Waals surface area contributed by atoms with Crippen LogP contribution in [0.1, 0.15) is 41.9 Å². The fourth-order valence-electron chi connectivity index (χ4n) is 2.56. The van der Waals surface area contributed by atoms with E-state index in [-0.39, 0.29) is 11.8 Å². The lowest BCUT2D eigenvalue weighted by atomic mass is 10.2. The van der Waals surface area contributed by atoms with Crippen molar-refractivity contribution in [3.63, 3.8) is 0 Å². The Morgan fingerprint density at radius 3 is 3.05 bits per heavy atom. The number of carbonyl (C=O) groups excluding carboxylic acids is 1. The number of thiophene rings is 1. The second-order valence-electron chi connectivity index (χ2n) is 5.58. The van der Waals surface area contributed by atoms with E-state index >= 15 is 0 Å². The van der Waals surface area contributed by atoms with Gasteiger partial charge in [0.15, 0.2) is 5.82 Å². The van der Waals surface area contributed by atoms with Gasteiger partial charge in [-0.05, 0) is 41.8 Å². The molecule has 0 unspecified atom stereocenters. The van der Waals surface area contributed by atoms with Crippen LogP contribution in [0.25, 0.3) is 0 Å². The van der Waals surface area contributed by atoms with E-state index in [2.05, 4.69) is 20.8 Å². The van der Waals surface area contributed by atoms with Gasteiger partial charge in [-0.1, -0.05) is 11.6 Å². The Bertz CT molecular complexity index is 680. The first-order valence-corrected chi connectivity index (χ1v) is 8.21. The van der Waals surface area contributed by atoms with Gasteiger partial charge in [0.1, 0.15) is 0 Å². The summed E-state index contributed by atoms with van der Waals surface area (Å²) in [4.78, 5) is 13.4. The van der Waals surface area contributed by atoms with Gasteiger partial charge in [0.05, 0.1) is 16.9 Å². The topological polar surface area (TPSA) is 72.7 Å². The van der Waals surface area contributed by atoms with Crippen molar-refractivity contribution >= 4 is 28.8 Å². The zero-order chi connectivity index (χ0) is 14.4. The molecule has 2 aromatic heterocycles. The molecule has 0 bridgehead atoms. The molecule has 2 aromatic rings. The van der Waals surface area contributed by atoms with Gasteiger partial charge in [-0.2, -0.15) is 0 Å². The van der Waals surface area contributed by atoms with Crippen LogP contribution in [0.4, 0.5) is 0 Å². The van der Waals surface area contributed by atoms with Crippen LogP contribution in [-0.2, 0) is 11.3 Å². The maximum absolute atomic E-state index is 12.2. The summed E-state index contributed by atoms with van der Waals surface area (Å²) in [6, 6.07) is 4.32. The first-order valence-electron chi connectivity index (χ1n) is 7.02. The first kappa shape index (κ1) is 13.2. The molecule has 4 rings (SSSR count).